The van der Waals surface area contributed by atoms with Crippen LogP contribution in [0.4, 0.5) is 0 Å². The maximum Gasteiger partial charge on any atom is 0.163 e. The van der Waals surface area contributed by atoms with E-state index < -0.39 is 0 Å². The van der Waals surface area contributed by atoms with E-state index in [1.165, 1.54) is 5.56 Å². The van der Waals surface area contributed by atoms with Crippen LogP contribution in [-0.4, -0.2) is 19.0 Å². The van der Waals surface area contributed by atoms with Gasteiger partial charge in [0.25, 0.3) is 0 Å². The van der Waals surface area contributed by atoms with E-state index in [-0.39, 0.29) is 5.78 Å². The Labute approximate surface area is 103 Å². The number of carbonyl (C=O) groups is 1. The summed E-state index contributed by atoms with van der Waals surface area (Å²) in [5, 5.41) is 0. The van der Waals surface area contributed by atoms with Gasteiger partial charge in [-0.1, -0.05) is 31.2 Å². The Morgan fingerprint density at radius 3 is 2.47 bits per heavy atom. The molecule has 1 heterocycles. The molecule has 1 fully saturated rings. The quantitative estimate of drug-likeness (QED) is 0.745. The molecule has 0 radical (unpaired) electrons. The van der Waals surface area contributed by atoms with Crippen LogP contribution in [0.15, 0.2) is 24.3 Å². The molecule has 0 bridgehead atoms. The average molecular weight is 232 g/mol. The SMILES string of the molecule is CCc1ccc(C(=O)CC2CCOCC2)cc1. The van der Waals surface area contributed by atoms with Crippen molar-refractivity contribution in [2.45, 2.75) is 32.6 Å². The molecule has 2 rings (SSSR count). The minimum atomic E-state index is 0.277. The molecule has 2 nitrogen and oxygen atoms in total. The van der Waals surface area contributed by atoms with E-state index >= 15 is 0 Å². The fraction of sp³-hybridized carbons (Fsp3) is 0.533. The number of Topliss-reactive ketones (excluding diaryl/α,β-unsaturated/α-hetero) is 1. The van der Waals surface area contributed by atoms with Crippen LogP contribution in [0.5, 0.6) is 0 Å². The van der Waals surface area contributed by atoms with Gasteiger partial charge >= 0.3 is 0 Å². The lowest BCUT2D eigenvalue weighted by Gasteiger charge is -2.21. The minimum Gasteiger partial charge on any atom is -0.381 e. The van der Waals surface area contributed by atoms with Gasteiger partial charge in [-0.05, 0) is 30.7 Å². The summed E-state index contributed by atoms with van der Waals surface area (Å²) in [6.45, 7) is 3.75. The molecular weight excluding hydrogens is 212 g/mol. The van der Waals surface area contributed by atoms with Crippen molar-refractivity contribution in [2.24, 2.45) is 5.92 Å². The fourth-order valence-electron chi connectivity index (χ4n) is 2.26. The Balaban J connectivity index is 1.93. The largest absolute Gasteiger partial charge is 0.381 e. The molecule has 2 heteroatoms. The molecule has 0 amide bonds. The van der Waals surface area contributed by atoms with Crippen molar-refractivity contribution in [1.29, 1.82) is 0 Å². The van der Waals surface area contributed by atoms with Crippen LogP contribution in [0.1, 0.15) is 42.1 Å². The van der Waals surface area contributed by atoms with Crippen LogP contribution in [0, 0.1) is 5.92 Å². The molecule has 92 valence electrons. The highest BCUT2D eigenvalue weighted by atomic mass is 16.5. The molecule has 17 heavy (non-hydrogen) atoms. The topological polar surface area (TPSA) is 26.3 Å². The lowest BCUT2D eigenvalue weighted by Crippen LogP contribution is -2.18. The molecule has 1 aromatic rings. The molecule has 1 aliphatic heterocycles. The van der Waals surface area contributed by atoms with Gasteiger partial charge < -0.3 is 4.74 Å². The molecule has 0 N–H and O–H groups in total. The number of aryl methyl sites for hydroxylation is 1. The summed E-state index contributed by atoms with van der Waals surface area (Å²) in [6, 6.07) is 8.02. The number of rotatable bonds is 4. The zero-order valence-corrected chi connectivity index (χ0v) is 10.4. The Morgan fingerprint density at radius 1 is 1.24 bits per heavy atom. The third-order valence-corrected chi connectivity index (χ3v) is 3.50. The summed E-state index contributed by atoms with van der Waals surface area (Å²) in [7, 11) is 0. The van der Waals surface area contributed by atoms with E-state index in [4.69, 9.17) is 4.74 Å². The van der Waals surface area contributed by atoms with Gasteiger partial charge in [0.15, 0.2) is 5.78 Å². The average Bonchev–Trinajstić information content (AvgIpc) is 2.40. The molecule has 0 saturated carbocycles. The zero-order chi connectivity index (χ0) is 12.1. The van der Waals surface area contributed by atoms with Crippen molar-refractivity contribution >= 4 is 5.78 Å². The Bertz CT molecular complexity index is 361. The second-order valence-electron chi connectivity index (χ2n) is 4.73. The summed E-state index contributed by atoms with van der Waals surface area (Å²) < 4.78 is 5.31. The first kappa shape index (κ1) is 12.3. The first-order chi connectivity index (χ1) is 8.29. The van der Waals surface area contributed by atoms with Gasteiger partial charge in [-0.2, -0.15) is 0 Å². The second-order valence-corrected chi connectivity index (χ2v) is 4.73. The smallest absolute Gasteiger partial charge is 0.163 e. The van der Waals surface area contributed by atoms with Crippen LogP contribution in [-0.2, 0) is 11.2 Å². The number of ether oxygens (including phenoxy) is 1. The number of ketones is 1. The Kier molecular flexibility index (Phi) is 4.32. The van der Waals surface area contributed by atoms with Crippen molar-refractivity contribution in [3.8, 4) is 0 Å². The van der Waals surface area contributed by atoms with Gasteiger partial charge in [0.05, 0.1) is 0 Å². The number of benzene rings is 1. The highest BCUT2D eigenvalue weighted by Crippen LogP contribution is 2.21. The normalized spacial score (nSPS) is 17.0. The molecular formula is C15H20O2. The van der Waals surface area contributed by atoms with E-state index in [0.717, 1.165) is 38.0 Å². The van der Waals surface area contributed by atoms with Crippen LogP contribution >= 0.6 is 0 Å². The number of carbonyl (C=O) groups excluding carboxylic acids is 1. The number of hydrogen-bond acceptors (Lipinski definition) is 2. The van der Waals surface area contributed by atoms with Crippen molar-refractivity contribution < 1.29 is 9.53 Å². The molecule has 1 aliphatic rings. The summed E-state index contributed by atoms with van der Waals surface area (Å²) in [4.78, 5) is 12.1. The molecule has 0 aliphatic carbocycles. The third-order valence-electron chi connectivity index (χ3n) is 3.50. The van der Waals surface area contributed by atoms with Crippen molar-refractivity contribution in [3.63, 3.8) is 0 Å². The minimum absolute atomic E-state index is 0.277. The molecule has 0 aromatic heterocycles. The summed E-state index contributed by atoms with van der Waals surface area (Å²) >= 11 is 0. The van der Waals surface area contributed by atoms with Crippen LogP contribution < -0.4 is 0 Å². The summed E-state index contributed by atoms with van der Waals surface area (Å²) in [6.07, 6.45) is 3.75. The predicted molar refractivity (Wildman–Crippen MR) is 68.3 cm³/mol. The predicted octanol–water partition coefficient (Wildman–Crippen LogP) is 3.25. The zero-order valence-electron chi connectivity index (χ0n) is 10.4. The van der Waals surface area contributed by atoms with Crippen LogP contribution in [0.2, 0.25) is 0 Å². The van der Waals surface area contributed by atoms with Crippen molar-refractivity contribution in [2.75, 3.05) is 13.2 Å². The first-order valence-electron chi connectivity index (χ1n) is 6.49. The van der Waals surface area contributed by atoms with E-state index in [9.17, 15) is 4.79 Å². The van der Waals surface area contributed by atoms with Gasteiger partial charge in [0.1, 0.15) is 0 Å². The summed E-state index contributed by atoms with van der Waals surface area (Å²) in [5.74, 6) is 0.793. The number of hydrogen-bond donors (Lipinski definition) is 0. The molecule has 0 atom stereocenters. The highest BCUT2D eigenvalue weighted by Gasteiger charge is 2.18. The highest BCUT2D eigenvalue weighted by molar-refractivity contribution is 5.96. The van der Waals surface area contributed by atoms with E-state index in [2.05, 4.69) is 19.1 Å². The van der Waals surface area contributed by atoms with Crippen molar-refractivity contribution in [1.82, 2.24) is 0 Å². The van der Waals surface area contributed by atoms with Crippen LogP contribution in [0.3, 0.4) is 0 Å². The van der Waals surface area contributed by atoms with Gasteiger partial charge in [-0.25, -0.2) is 0 Å². The van der Waals surface area contributed by atoms with Gasteiger partial charge in [0.2, 0.25) is 0 Å². The Morgan fingerprint density at radius 2 is 1.88 bits per heavy atom. The standard InChI is InChI=1S/C15H20O2/c1-2-12-3-5-14(6-4-12)15(16)11-13-7-9-17-10-8-13/h3-6,13H,2,7-11H2,1H3. The van der Waals surface area contributed by atoms with Gasteiger partial charge in [-0.3, -0.25) is 4.79 Å². The lowest BCUT2D eigenvalue weighted by molar-refractivity contribution is 0.0601. The van der Waals surface area contributed by atoms with E-state index in [1.807, 2.05) is 12.1 Å². The van der Waals surface area contributed by atoms with E-state index in [1.54, 1.807) is 0 Å². The van der Waals surface area contributed by atoms with Crippen LogP contribution in [0.25, 0.3) is 0 Å². The summed E-state index contributed by atoms with van der Waals surface area (Å²) in [5.41, 5.74) is 2.14. The lowest BCUT2D eigenvalue weighted by atomic mass is 9.92. The van der Waals surface area contributed by atoms with Crippen molar-refractivity contribution in [3.05, 3.63) is 35.4 Å². The second kappa shape index (κ2) is 5.97. The third kappa shape index (κ3) is 3.40. The van der Waals surface area contributed by atoms with Gasteiger partial charge in [0, 0.05) is 25.2 Å². The first-order valence-corrected chi connectivity index (χ1v) is 6.49. The maximum absolute atomic E-state index is 12.1. The monoisotopic (exact) mass is 232 g/mol. The van der Waals surface area contributed by atoms with E-state index in [0.29, 0.717) is 12.3 Å². The molecule has 0 unspecified atom stereocenters. The molecule has 0 spiro atoms. The molecule has 1 aromatic carbocycles. The fourth-order valence-corrected chi connectivity index (χ4v) is 2.26. The van der Waals surface area contributed by atoms with Gasteiger partial charge in [-0.15, -0.1) is 0 Å². The Hall–Kier alpha value is -1.15. The maximum atomic E-state index is 12.1. The molecule has 1 saturated heterocycles.